The Morgan fingerprint density at radius 1 is 1.33 bits per heavy atom. The highest BCUT2D eigenvalue weighted by molar-refractivity contribution is 6.37. The Bertz CT molecular complexity index is 875. The Hall–Kier alpha value is -2.69. The van der Waals surface area contributed by atoms with Crippen LogP contribution >= 0.6 is 11.6 Å². The van der Waals surface area contributed by atoms with Gasteiger partial charge in [0.15, 0.2) is 0 Å². The second-order valence-electron chi connectivity index (χ2n) is 5.89. The fraction of sp³-hybridized carbons (Fsp3) is 0.400. The Morgan fingerprint density at radius 2 is 2.04 bits per heavy atom. The van der Waals surface area contributed by atoms with Crippen LogP contribution in [-0.4, -0.2) is 50.4 Å². The van der Waals surface area contributed by atoms with Crippen LogP contribution in [0.3, 0.4) is 0 Å². The van der Waals surface area contributed by atoms with Crippen molar-refractivity contribution in [3.05, 3.63) is 28.3 Å². The van der Waals surface area contributed by atoms with Gasteiger partial charge in [0.25, 0.3) is 5.91 Å². The molecule has 1 aliphatic heterocycles. The van der Waals surface area contributed by atoms with E-state index in [0.29, 0.717) is 13.1 Å². The lowest BCUT2D eigenvalue weighted by atomic mass is 10.1. The predicted octanol–water partition coefficient (Wildman–Crippen LogP) is 2.89. The number of halogens is 4. The highest BCUT2D eigenvalue weighted by Gasteiger charge is 2.35. The number of tetrazole rings is 1. The van der Waals surface area contributed by atoms with E-state index in [1.54, 1.807) is 4.90 Å². The molecular formula is C15H15ClF3N7O. The summed E-state index contributed by atoms with van der Waals surface area (Å²) < 4.78 is 41.2. The van der Waals surface area contributed by atoms with Crippen molar-refractivity contribution in [3.8, 4) is 0 Å². The summed E-state index contributed by atoms with van der Waals surface area (Å²) in [6.45, 7) is 1.42. The number of nitrogens with one attached hydrogen (secondary N) is 1. The molecule has 1 saturated heterocycles. The summed E-state index contributed by atoms with van der Waals surface area (Å²) in [7, 11) is 1.50. The van der Waals surface area contributed by atoms with Gasteiger partial charge in [-0.25, -0.2) is 9.67 Å². The minimum atomic E-state index is -4.66. The highest BCUT2D eigenvalue weighted by atomic mass is 35.5. The molecule has 1 aromatic carbocycles. The van der Waals surface area contributed by atoms with E-state index in [4.69, 9.17) is 11.6 Å². The number of nitrogens with zero attached hydrogens (tertiary/aromatic N) is 6. The molecule has 1 aromatic heterocycles. The Kier molecular flexibility index (Phi) is 5.31. The molecule has 144 valence electrons. The zero-order chi connectivity index (χ0) is 19.6. The minimum Gasteiger partial charge on any atom is -0.363 e. The summed E-state index contributed by atoms with van der Waals surface area (Å²) in [4.78, 5) is 18.1. The van der Waals surface area contributed by atoms with Gasteiger partial charge in [-0.1, -0.05) is 16.7 Å². The average molecular weight is 402 g/mol. The van der Waals surface area contributed by atoms with Gasteiger partial charge < -0.3 is 4.90 Å². The molecular weight excluding hydrogens is 387 g/mol. The van der Waals surface area contributed by atoms with Crippen molar-refractivity contribution in [2.24, 2.45) is 12.0 Å². The number of alkyl halides is 3. The van der Waals surface area contributed by atoms with Gasteiger partial charge in [-0.05, 0) is 35.4 Å². The number of carbonyl (C=O) groups excluding carboxylic acids is 1. The summed E-state index contributed by atoms with van der Waals surface area (Å²) in [5.74, 6) is -0.720. The van der Waals surface area contributed by atoms with Crippen molar-refractivity contribution in [2.75, 3.05) is 18.4 Å². The molecule has 0 aliphatic carbocycles. The standard InChI is InChI=1S/C15H15ClF3N7O/c1-25-14(22-23-24-25)21-13(27)9-4-5-10(15(17,18)19)12(11(9)16)20-8-26-6-2-3-7-26/h4-5,8H,2-3,6-7H2,1H3,(H,21,22,24,27)/b20-8+. The monoisotopic (exact) mass is 401 g/mol. The summed E-state index contributed by atoms with van der Waals surface area (Å²) in [5, 5.41) is 12.5. The van der Waals surface area contributed by atoms with Crippen molar-refractivity contribution in [1.29, 1.82) is 0 Å². The van der Waals surface area contributed by atoms with Crippen LogP contribution in [0, 0.1) is 0 Å². The fourth-order valence-electron chi connectivity index (χ4n) is 2.60. The Morgan fingerprint density at radius 3 is 2.63 bits per heavy atom. The van der Waals surface area contributed by atoms with Crippen LogP contribution in [0.1, 0.15) is 28.8 Å². The number of aliphatic imine (C=N–C) groups is 1. The molecule has 1 amide bonds. The van der Waals surface area contributed by atoms with Crippen LogP contribution < -0.4 is 5.32 Å². The van der Waals surface area contributed by atoms with E-state index in [1.807, 2.05) is 0 Å². The number of carbonyl (C=O) groups is 1. The van der Waals surface area contributed by atoms with Crippen LogP contribution in [0.4, 0.5) is 24.8 Å². The second-order valence-corrected chi connectivity index (χ2v) is 6.27. The smallest absolute Gasteiger partial charge is 0.363 e. The van der Waals surface area contributed by atoms with E-state index in [2.05, 4.69) is 25.8 Å². The molecule has 0 atom stereocenters. The second kappa shape index (κ2) is 7.51. The average Bonchev–Trinajstić information content (AvgIpc) is 3.25. The van der Waals surface area contributed by atoms with Crippen LogP contribution in [0.5, 0.6) is 0 Å². The number of aryl methyl sites for hydroxylation is 1. The first-order valence-electron chi connectivity index (χ1n) is 7.99. The number of anilines is 1. The summed E-state index contributed by atoms with van der Waals surface area (Å²) >= 11 is 6.13. The van der Waals surface area contributed by atoms with Gasteiger partial charge in [0, 0.05) is 20.1 Å². The number of benzene rings is 1. The lowest BCUT2D eigenvalue weighted by molar-refractivity contribution is -0.137. The van der Waals surface area contributed by atoms with Crippen LogP contribution in [-0.2, 0) is 13.2 Å². The first kappa shape index (κ1) is 19.1. The Balaban J connectivity index is 1.97. The van der Waals surface area contributed by atoms with E-state index in [9.17, 15) is 18.0 Å². The normalized spacial score (nSPS) is 14.9. The van der Waals surface area contributed by atoms with Crippen LogP contribution in [0.25, 0.3) is 0 Å². The third-order valence-electron chi connectivity index (χ3n) is 4.00. The lowest BCUT2D eigenvalue weighted by Crippen LogP contribution is -2.18. The lowest BCUT2D eigenvalue weighted by Gasteiger charge is -2.15. The maximum Gasteiger partial charge on any atom is 0.418 e. The van der Waals surface area contributed by atoms with Gasteiger partial charge in [0.2, 0.25) is 5.95 Å². The molecule has 2 heterocycles. The maximum atomic E-state index is 13.3. The van der Waals surface area contributed by atoms with Gasteiger partial charge in [0.1, 0.15) is 0 Å². The van der Waals surface area contributed by atoms with Gasteiger partial charge in [0.05, 0.1) is 28.2 Å². The molecule has 8 nitrogen and oxygen atoms in total. The summed E-state index contributed by atoms with van der Waals surface area (Å²) in [6.07, 6.45) is -1.44. The summed E-state index contributed by atoms with van der Waals surface area (Å²) in [5.41, 5.74) is -1.68. The van der Waals surface area contributed by atoms with Crippen molar-refractivity contribution in [1.82, 2.24) is 25.1 Å². The quantitative estimate of drug-likeness (QED) is 0.628. The minimum absolute atomic E-state index is 0.0260. The van der Waals surface area contributed by atoms with Crippen LogP contribution in [0.2, 0.25) is 5.02 Å². The van der Waals surface area contributed by atoms with E-state index in [-0.39, 0.29) is 11.5 Å². The van der Waals surface area contributed by atoms with Gasteiger partial charge >= 0.3 is 6.18 Å². The number of rotatable bonds is 4. The topological polar surface area (TPSA) is 88.3 Å². The van der Waals surface area contributed by atoms with Crippen molar-refractivity contribution in [2.45, 2.75) is 19.0 Å². The SMILES string of the molecule is Cn1nnnc1NC(=O)c1ccc(C(F)(F)F)c(/N=C/N2CCCC2)c1Cl. The first-order valence-corrected chi connectivity index (χ1v) is 8.37. The number of hydrogen-bond donors (Lipinski definition) is 1. The molecule has 0 radical (unpaired) electrons. The Labute approximate surface area is 157 Å². The summed E-state index contributed by atoms with van der Waals surface area (Å²) in [6, 6.07) is 1.78. The largest absolute Gasteiger partial charge is 0.418 e. The molecule has 0 spiro atoms. The number of hydrogen-bond acceptors (Lipinski definition) is 5. The van der Waals surface area contributed by atoms with Crippen molar-refractivity contribution >= 4 is 35.5 Å². The molecule has 1 N–H and O–H groups in total. The number of amides is 1. The molecule has 3 rings (SSSR count). The van der Waals surface area contributed by atoms with E-state index in [0.717, 1.165) is 25.0 Å². The first-order chi connectivity index (χ1) is 12.8. The van der Waals surface area contributed by atoms with Crippen LogP contribution in [0.15, 0.2) is 17.1 Å². The van der Waals surface area contributed by atoms with E-state index in [1.165, 1.54) is 18.1 Å². The van der Waals surface area contributed by atoms with Crippen molar-refractivity contribution < 1.29 is 18.0 Å². The zero-order valence-electron chi connectivity index (χ0n) is 14.2. The highest BCUT2D eigenvalue weighted by Crippen LogP contribution is 2.42. The van der Waals surface area contributed by atoms with E-state index < -0.39 is 28.4 Å². The zero-order valence-corrected chi connectivity index (χ0v) is 14.9. The predicted molar refractivity (Wildman–Crippen MR) is 92.2 cm³/mol. The number of likely N-dealkylation sites (tertiary alicyclic amines) is 1. The fourth-order valence-corrected chi connectivity index (χ4v) is 2.89. The molecule has 12 heteroatoms. The molecule has 2 aromatic rings. The molecule has 0 saturated carbocycles. The maximum absolute atomic E-state index is 13.3. The third-order valence-corrected chi connectivity index (χ3v) is 4.39. The van der Waals surface area contributed by atoms with Gasteiger partial charge in [-0.2, -0.15) is 13.2 Å². The van der Waals surface area contributed by atoms with E-state index >= 15 is 0 Å². The molecule has 1 aliphatic rings. The van der Waals surface area contributed by atoms with Crippen molar-refractivity contribution in [3.63, 3.8) is 0 Å². The third kappa shape index (κ3) is 4.18. The molecule has 27 heavy (non-hydrogen) atoms. The molecule has 0 unspecified atom stereocenters. The number of aromatic nitrogens is 4. The molecule has 0 bridgehead atoms. The van der Waals surface area contributed by atoms with Gasteiger partial charge in [-0.3, -0.25) is 10.1 Å². The van der Waals surface area contributed by atoms with Gasteiger partial charge in [-0.15, -0.1) is 0 Å². The molecule has 1 fully saturated rings.